The van der Waals surface area contributed by atoms with Gasteiger partial charge in [-0.1, -0.05) is 13.8 Å². The molecular weight excluding hydrogens is 422 g/mol. The lowest BCUT2D eigenvalue weighted by Crippen LogP contribution is -2.33. The van der Waals surface area contributed by atoms with E-state index in [0.29, 0.717) is 35.2 Å². The molecule has 1 aliphatic rings. The smallest absolute Gasteiger partial charge is 0.338 e. The average Bonchev–Trinajstić information content (AvgIpc) is 3.38. The number of rotatable bonds is 9. The van der Waals surface area contributed by atoms with Crippen LogP contribution in [0.4, 0.5) is 23.1 Å². The molecule has 1 fully saturated rings. The lowest BCUT2D eigenvalue weighted by Gasteiger charge is -2.27. The van der Waals surface area contributed by atoms with E-state index < -0.39 is 5.97 Å². The number of nitrogens with zero attached hydrogens (tertiary/aromatic N) is 4. The van der Waals surface area contributed by atoms with Crippen molar-refractivity contribution in [2.45, 2.75) is 40.0 Å². The SMILES string of the molecule is CCOC(=O)c1ccc(Nc2ncc(N(C)C(=O)[C@H](C)CC)c(N3CCCC3)n2)c(OC)c1. The minimum atomic E-state index is -0.409. The van der Waals surface area contributed by atoms with Gasteiger partial charge in [0.05, 0.1) is 31.2 Å². The van der Waals surface area contributed by atoms with Crippen molar-refractivity contribution in [3.8, 4) is 5.75 Å². The summed E-state index contributed by atoms with van der Waals surface area (Å²) >= 11 is 0. The second-order valence-electron chi connectivity index (χ2n) is 8.06. The van der Waals surface area contributed by atoms with E-state index >= 15 is 0 Å². The van der Waals surface area contributed by atoms with Gasteiger partial charge in [0.1, 0.15) is 11.4 Å². The van der Waals surface area contributed by atoms with Crippen LogP contribution >= 0.6 is 0 Å². The molecular formula is C24H33N5O4. The highest BCUT2D eigenvalue weighted by molar-refractivity contribution is 5.97. The predicted octanol–water partition coefficient (Wildman–Crippen LogP) is 4.01. The number of methoxy groups -OCH3 is 1. The summed E-state index contributed by atoms with van der Waals surface area (Å²) in [5, 5.41) is 3.19. The number of benzene rings is 1. The highest BCUT2D eigenvalue weighted by Gasteiger charge is 2.25. The first kappa shape index (κ1) is 24.3. The minimum Gasteiger partial charge on any atom is -0.495 e. The monoisotopic (exact) mass is 455 g/mol. The van der Waals surface area contributed by atoms with Crippen molar-refractivity contribution in [2.24, 2.45) is 5.92 Å². The topological polar surface area (TPSA) is 96.9 Å². The van der Waals surface area contributed by atoms with Gasteiger partial charge in [0.25, 0.3) is 0 Å². The molecule has 178 valence electrons. The third kappa shape index (κ3) is 5.53. The molecule has 1 saturated heterocycles. The molecule has 33 heavy (non-hydrogen) atoms. The molecule has 1 N–H and O–H groups in total. The van der Waals surface area contributed by atoms with Crippen LogP contribution in [-0.2, 0) is 9.53 Å². The lowest BCUT2D eigenvalue weighted by atomic mass is 10.1. The van der Waals surface area contributed by atoms with Crippen molar-refractivity contribution in [1.29, 1.82) is 0 Å². The first-order valence-corrected chi connectivity index (χ1v) is 11.4. The fourth-order valence-electron chi connectivity index (χ4n) is 3.71. The Kier molecular flexibility index (Phi) is 8.08. The van der Waals surface area contributed by atoms with Crippen LogP contribution in [0.3, 0.4) is 0 Å². The number of aromatic nitrogens is 2. The fourth-order valence-corrected chi connectivity index (χ4v) is 3.71. The van der Waals surface area contributed by atoms with Crippen molar-refractivity contribution < 1.29 is 19.1 Å². The van der Waals surface area contributed by atoms with E-state index in [2.05, 4.69) is 15.2 Å². The van der Waals surface area contributed by atoms with Crippen LogP contribution in [0.2, 0.25) is 0 Å². The summed E-state index contributed by atoms with van der Waals surface area (Å²) in [6.45, 7) is 7.75. The van der Waals surface area contributed by atoms with Crippen LogP contribution < -0.4 is 19.9 Å². The standard InChI is InChI=1S/C24H33N5O4/c1-6-16(3)22(30)28(4)19-15-25-24(27-21(19)29-12-8-9-13-29)26-18-11-10-17(14-20(18)32-5)23(31)33-7-2/h10-11,14-16H,6-9,12-13H2,1-5H3,(H,25,26,27)/t16-/m1/s1. The third-order valence-corrected chi connectivity index (χ3v) is 5.84. The van der Waals surface area contributed by atoms with Gasteiger partial charge in [-0.15, -0.1) is 0 Å². The molecule has 9 heteroatoms. The third-order valence-electron chi connectivity index (χ3n) is 5.84. The zero-order valence-electron chi connectivity index (χ0n) is 20.1. The van der Waals surface area contributed by atoms with Gasteiger partial charge in [0, 0.05) is 26.1 Å². The zero-order valence-corrected chi connectivity index (χ0v) is 20.1. The number of anilines is 4. The molecule has 1 aromatic heterocycles. The van der Waals surface area contributed by atoms with Gasteiger partial charge in [-0.2, -0.15) is 4.98 Å². The molecule has 1 amide bonds. The van der Waals surface area contributed by atoms with E-state index in [1.54, 1.807) is 43.3 Å². The molecule has 0 bridgehead atoms. The summed E-state index contributed by atoms with van der Waals surface area (Å²) in [5.41, 5.74) is 1.71. The van der Waals surface area contributed by atoms with Crippen LogP contribution in [0.5, 0.6) is 5.75 Å². The highest BCUT2D eigenvalue weighted by atomic mass is 16.5. The molecule has 2 aromatic rings. The molecule has 3 rings (SSSR count). The predicted molar refractivity (Wildman–Crippen MR) is 129 cm³/mol. The van der Waals surface area contributed by atoms with Crippen LogP contribution in [0.1, 0.15) is 50.4 Å². The van der Waals surface area contributed by atoms with Crippen molar-refractivity contribution in [3.05, 3.63) is 30.0 Å². The lowest BCUT2D eigenvalue weighted by molar-refractivity contribution is -0.121. The van der Waals surface area contributed by atoms with Crippen molar-refractivity contribution in [1.82, 2.24) is 9.97 Å². The number of carbonyl (C=O) groups excluding carboxylic acids is 2. The summed E-state index contributed by atoms with van der Waals surface area (Å²) in [6.07, 6.45) is 4.61. The maximum Gasteiger partial charge on any atom is 0.338 e. The van der Waals surface area contributed by atoms with Gasteiger partial charge < -0.3 is 24.6 Å². The summed E-state index contributed by atoms with van der Waals surface area (Å²) in [4.78, 5) is 37.9. The van der Waals surface area contributed by atoms with Crippen molar-refractivity contribution in [2.75, 3.05) is 49.0 Å². The number of amides is 1. The summed E-state index contributed by atoms with van der Waals surface area (Å²) < 4.78 is 10.5. The van der Waals surface area contributed by atoms with Gasteiger partial charge >= 0.3 is 5.97 Å². The van der Waals surface area contributed by atoms with Gasteiger partial charge in [0.15, 0.2) is 5.82 Å². The van der Waals surface area contributed by atoms with E-state index in [0.717, 1.165) is 38.2 Å². The van der Waals surface area contributed by atoms with Crippen LogP contribution in [-0.4, -0.2) is 55.7 Å². The second-order valence-corrected chi connectivity index (χ2v) is 8.06. The van der Waals surface area contributed by atoms with Crippen LogP contribution in [0, 0.1) is 5.92 Å². The Balaban J connectivity index is 1.92. The molecule has 0 aliphatic carbocycles. The Morgan fingerprint density at radius 1 is 1.24 bits per heavy atom. The number of hydrogen-bond acceptors (Lipinski definition) is 8. The average molecular weight is 456 g/mol. The molecule has 0 unspecified atom stereocenters. The maximum atomic E-state index is 12.8. The molecule has 9 nitrogen and oxygen atoms in total. The first-order valence-electron chi connectivity index (χ1n) is 11.4. The van der Waals surface area contributed by atoms with E-state index in [1.165, 1.54) is 7.11 Å². The molecule has 2 heterocycles. The Labute approximate surface area is 195 Å². The zero-order chi connectivity index (χ0) is 24.0. The van der Waals surface area contributed by atoms with Gasteiger partial charge in [-0.3, -0.25) is 4.79 Å². The van der Waals surface area contributed by atoms with Crippen molar-refractivity contribution >= 4 is 35.0 Å². The van der Waals surface area contributed by atoms with Gasteiger partial charge in [-0.05, 0) is 44.4 Å². The van der Waals surface area contributed by atoms with Crippen LogP contribution in [0.25, 0.3) is 0 Å². The van der Waals surface area contributed by atoms with E-state index in [4.69, 9.17) is 14.5 Å². The van der Waals surface area contributed by atoms with Gasteiger partial charge in [-0.25, -0.2) is 9.78 Å². The second kappa shape index (κ2) is 11.0. The molecule has 1 atom stereocenters. The number of esters is 1. The Bertz CT molecular complexity index is 991. The van der Waals surface area contributed by atoms with E-state index in [1.807, 2.05) is 13.8 Å². The summed E-state index contributed by atoms with van der Waals surface area (Å²) in [6, 6.07) is 5.02. The fraction of sp³-hybridized carbons (Fsp3) is 0.500. The number of ether oxygens (including phenoxy) is 2. The normalized spacial score (nSPS) is 14.0. The number of nitrogens with one attached hydrogen (secondary N) is 1. The molecule has 1 aromatic carbocycles. The molecule has 0 saturated carbocycles. The number of hydrogen-bond donors (Lipinski definition) is 1. The molecule has 1 aliphatic heterocycles. The minimum absolute atomic E-state index is 0.0403. The number of carbonyl (C=O) groups is 2. The summed E-state index contributed by atoms with van der Waals surface area (Å²) in [7, 11) is 3.31. The largest absolute Gasteiger partial charge is 0.495 e. The Hall–Kier alpha value is -3.36. The molecule has 0 radical (unpaired) electrons. The van der Waals surface area contributed by atoms with E-state index in [-0.39, 0.29) is 11.8 Å². The quantitative estimate of drug-likeness (QED) is 0.567. The van der Waals surface area contributed by atoms with Crippen molar-refractivity contribution in [3.63, 3.8) is 0 Å². The summed E-state index contributed by atoms with van der Waals surface area (Å²) in [5.74, 6) is 1.13. The Morgan fingerprint density at radius 3 is 2.61 bits per heavy atom. The Morgan fingerprint density at radius 2 is 1.97 bits per heavy atom. The van der Waals surface area contributed by atoms with Crippen LogP contribution in [0.15, 0.2) is 24.4 Å². The molecule has 0 spiro atoms. The maximum absolute atomic E-state index is 12.8. The van der Waals surface area contributed by atoms with Gasteiger partial charge in [0.2, 0.25) is 11.9 Å². The van der Waals surface area contributed by atoms with E-state index in [9.17, 15) is 9.59 Å². The first-order chi connectivity index (χ1) is 15.9. The highest BCUT2D eigenvalue weighted by Crippen LogP contribution is 2.33.